The number of aromatic nitrogens is 1. The molecule has 0 aromatic carbocycles. The number of nitrogens with zero attached hydrogens (tertiary/aromatic N) is 1. The van der Waals surface area contributed by atoms with Gasteiger partial charge in [-0.1, -0.05) is 11.6 Å². The minimum absolute atomic E-state index is 0.113. The molecule has 3 nitrogen and oxygen atoms in total. The highest BCUT2D eigenvalue weighted by Gasteiger charge is 2.16. The first kappa shape index (κ1) is 12.6. The second-order valence-corrected chi connectivity index (χ2v) is 4.08. The molecule has 0 radical (unpaired) electrons. The standard InChI is InChI=1S/C8H5ClF2INO2/c9-6-3(2-5(14)15)1-4(7(10)11)13-8(6)12/h1,7H,2H2,(H,14,15). The van der Waals surface area contributed by atoms with Crippen LogP contribution in [0.5, 0.6) is 0 Å². The van der Waals surface area contributed by atoms with Crippen LogP contribution in [0.15, 0.2) is 6.07 Å². The van der Waals surface area contributed by atoms with Gasteiger partial charge in [0.15, 0.2) is 0 Å². The largest absolute Gasteiger partial charge is 0.481 e. The summed E-state index contributed by atoms with van der Waals surface area (Å²) in [5, 5.41) is 8.66. The highest BCUT2D eigenvalue weighted by atomic mass is 127. The van der Waals surface area contributed by atoms with Gasteiger partial charge >= 0.3 is 5.97 Å². The van der Waals surface area contributed by atoms with E-state index in [1.165, 1.54) is 0 Å². The maximum absolute atomic E-state index is 12.3. The van der Waals surface area contributed by atoms with Crippen molar-refractivity contribution >= 4 is 40.2 Å². The summed E-state index contributed by atoms with van der Waals surface area (Å²) in [7, 11) is 0. The molecule has 0 fully saturated rings. The number of halogens is 4. The number of pyridine rings is 1. The molecule has 0 atom stereocenters. The van der Waals surface area contributed by atoms with Crippen LogP contribution in [0.4, 0.5) is 8.78 Å². The lowest BCUT2D eigenvalue weighted by molar-refractivity contribution is -0.136. The van der Waals surface area contributed by atoms with E-state index in [-0.39, 0.29) is 14.3 Å². The van der Waals surface area contributed by atoms with E-state index in [1.807, 2.05) is 0 Å². The molecule has 1 rings (SSSR count). The number of hydrogen-bond acceptors (Lipinski definition) is 2. The highest BCUT2D eigenvalue weighted by Crippen LogP contribution is 2.26. The lowest BCUT2D eigenvalue weighted by atomic mass is 10.1. The summed E-state index contributed by atoms with van der Waals surface area (Å²) in [5.74, 6) is -1.13. The number of aliphatic carboxylic acids is 1. The Morgan fingerprint density at radius 2 is 2.27 bits per heavy atom. The normalized spacial score (nSPS) is 10.7. The molecule has 82 valence electrons. The van der Waals surface area contributed by atoms with Crippen LogP contribution in [0.25, 0.3) is 0 Å². The smallest absolute Gasteiger partial charge is 0.307 e. The van der Waals surface area contributed by atoms with Crippen molar-refractivity contribution in [3.8, 4) is 0 Å². The molecule has 1 heterocycles. The van der Waals surface area contributed by atoms with Crippen LogP contribution in [-0.2, 0) is 11.2 Å². The summed E-state index contributed by atoms with van der Waals surface area (Å²) in [6, 6.07) is 1.02. The fourth-order valence-electron chi connectivity index (χ4n) is 0.972. The van der Waals surface area contributed by atoms with Crippen molar-refractivity contribution in [3.05, 3.63) is 26.0 Å². The second kappa shape index (κ2) is 5.02. The summed E-state index contributed by atoms with van der Waals surface area (Å²) in [5.41, 5.74) is -0.307. The Balaban J connectivity index is 3.18. The monoisotopic (exact) mass is 347 g/mol. The van der Waals surface area contributed by atoms with Crippen molar-refractivity contribution < 1.29 is 18.7 Å². The van der Waals surface area contributed by atoms with E-state index in [4.69, 9.17) is 16.7 Å². The van der Waals surface area contributed by atoms with Crippen LogP contribution < -0.4 is 0 Å². The third-order valence-corrected chi connectivity index (χ3v) is 3.10. The van der Waals surface area contributed by atoms with Crippen LogP contribution in [0.1, 0.15) is 17.7 Å². The molecule has 0 saturated carbocycles. The molecule has 7 heteroatoms. The Morgan fingerprint density at radius 1 is 1.67 bits per heavy atom. The van der Waals surface area contributed by atoms with Crippen molar-refractivity contribution in [2.75, 3.05) is 0 Å². The number of hydrogen-bond donors (Lipinski definition) is 1. The first-order chi connectivity index (χ1) is 6.91. The fourth-order valence-corrected chi connectivity index (χ4v) is 1.76. The SMILES string of the molecule is O=C(O)Cc1cc(C(F)F)nc(I)c1Cl. The van der Waals surface area contributed by atoms with Crippen LogP contribution >= 0.6 is 34.2 Å². The minimum Gasteiger partial charge on any atom is -0.481 e. The number of carboxylic acids is 1. The topological polar surface area (TPSA) is 50.2 Å². The van der Waals surface area contributed by atoms with Gasteiger partial charge in [-0.25, -0.2) is 13.8 Å². The number of carbonyl (C=O) groups is 1. The molecule has 1 N–H and O–H groups in total. The molecule has 1 aromatic heterocycles. The van der Waals surface area contributed by atoms with E-state index in [9.17, 15) is 13.6 Å². The third kappa shape index (κ3) is 3.23. The van der Waals surface area contributed by atoms with E-state index in [0.29, 0.717) is 0 Å². The molecule has 0 saturated heterocycles. The fraction of sp³-hybridized carbons (Fsp3) is 0.250. The molecular formula is C8H5ClF2INO2. The van der Waals surface area contributed by atoms with Gasteiger partial charge in [-0.2, -0.15) is 0 Å². The molecule has 0 amide bonds. The van der Waals surface area contributed by atoms with Crippen molar-refractivity contribution in [1.29, 1.82) is 0 Å². The van der Waals surface area contributed by atoms with Crippen molar-refractivity contribution in [3.63, 3.8) is 0 Å². The summed E-state index contributed by atoms with van der Waals surface area (Å²) in [4.78, 5) is 14.0. The van der Waals surface area contributed by atoms with Crippen LogP contribution in [0.3, 0.4) is 0 Å². The van der Waals surface area contributed by atoms with E-state index >= 15 is 0 Å². The van der Waals surface area contributed by atoms with Crippen molar-refractivity contribution in [1.82, 2.24) is 4.98 Å². The quantitative estimate of drug-likeness (QED) is 0.676. The summed E-state index contributed by atoms with van der Waals surface area (Å²) in [6.45, 7) is 0. The summed E-state index contributed by atoms with van der Waals surface area (Å²) in [6.07, 6.45) is -3.12. The van der Waals surface area contributed by atoms with Crippen molar-refractivity contribution in [2.24, 2.45) is 0 Å². The van der Waals surface area contributed by atoms with E-state index in [1.54, 1.807) is 22.6 Å². The molecule has 1 aromatic rings. The molecule has 0 bridgehead atoms. The Bertz CT molecular complexity index is 400. The average molecular weight is 347 g/mol. The van der Waals surface area contributed by atoms with Gasteiger partial charge in [0, 0.05) is 0 Å². The van der Waals surface area contributed by atoms with Gasteiger partial charge in [0.1, 0.15) is 9.39 Å². The molecule has 0 aliphatic carbocycles. The number of carboxylic acid groups (broad SMARTS) is 1. The van der Waals surface area contributed by atoms with Gasteiger partial charge in [0.25, 0.3) is 6.43 Å². The number of rotatable bonds is 3. The zero-order valence-electron chi connectivity index (χ0n) is 7.18. The second-order valence-electron chi connectivity index (χ2n) is 2.68. The third-order valence-electron chi connectivity index (χ3n) is 1.58. The van der Waals surface area contributed by atoms with Crippen LogP contribution in [-0.4, -0.2) is 16.1 Å². The molecule has 0 unspecified atom stereocenters. The van der Waals surface area contributed by atoms with Gasteiger partial charge in [-0.3, -0.25) is 4.79 Å². The Hall–Kier alpha value is -0.500. The Labute approximate surface area is 103 Å². The zero-order chi connectivity index (χ0) is 11.6. The lowest BCUT2D eigenvalue weighted by Gasteiger charge is -2.06. The highest BCUT2D eigenvalue weighted by molar-refractivity contribution is 14.1. The predicted octanol–water partition coefficient (Wildman–Crippen LogP) is 2.90. The maximum atomic E-state index is 12.3. The molecular weight excluding hydrogens is 342 g/mol. The number of alkyl halides is 2. The van der Waals surface area contributed by atoms with Gasteiger partial charge in [0.2, 0.25) is 0 Å². The summed E-state index contributed by atoms with van der Waals surface area (Å²) >= 11 is 7.42. The molecule has 0 aliphatic heterocycles. The van der Waals surface area contributed by atoms with Gasteiger partial charge in [0.05, 0.1) is 11.4 Å². The maximum Gasteiger partial charge on any atom is 0.307 e. The summed E-state index contributed by atoms with van der Waals surface area (Å²) < 4.78 is 24.9. The van der Waals surface area contributed by atoms with Crippen LogP contribution in [0.2, 0.25) is 5.02 Å². The zero-order valence-corrected chi connectivity index (χ0v) is 10.1. The predicted molar refractivity (Wildman–Crippen MR) is 58.3 cm³/mol. The lowest BCUT2D eigenvalue weighted by Crippen LogP contribution is -2.04. The minimum atomic E-state index is -2.73. The van der Waals surface area contributed by atoms with E-state index < -0.39 is 24.5 Å². The van der Waals surface area contributed by atoms with Crippen molar-refractivity contribution in [2.45, 2.75) is 12.8 Å². The van der Waals surface area contributed by atoms with Gasteiger partial charge in [-0.05, 0) is 34.2 Å². The molecule has 0 aliphatic rings. The first-order valence-electron chi connectivity index (χ1n) is 3.76. The van der Waals surface area contributed by atoms with Gasteiger partial charge in [-0.15, -0.1) is 0 Å². The van der Waals surface area contributed by atoms with E-state index in [2.05, 4.69) is 4.98 Å². The Morgan fingerprint density at radius 3 is 2.73 bits per heavy atom. The molecule has 15 heavy (non-hydrogen) atoms. The van der Waals surface area contributed by atoms with Gasteiger partial charge < -0.3 is 5.11 Å². The van der Waals surface area contributed by atoms with Crippen LogP contribution in [0, 0.1) is 3.70 Å². The first-order valence-corrected chi connectivity index (χ1v) is 5.22. The molecule has 0 spiro atoms. The van der Waals surface area contributed by atoms with E-state index in [0.717, 1.165) is 6.07 Å². The Kier molecular flexibility index (Phi) is 4.21. The average Bonchev–Trinajstić information content (AvgIpc) is 2.11.